The first-order chi connectivity index (χ1) is 19.3. The maximum Gasteiger partial charge on any atom is 0.146 e. The van der Waals surface area contributed by atoms with Gasteiger partial charge in [0.1, 0.15) is 17.2 Å². The molecule has 13 atom stereocenters. The number of nitrogens with zero attached hydrogens (tertiary/aromatic N) is 1. The number of rotatable bonds is 7. The van der Waals surface area contributed by atoms with Gasteiger partial charge in [-0.3, -0.25) is 9.59 Å². The maximum absolute atomic E-state index is 12.2. The van der Waals surface area contributed by atoms with E-state index in [1.165, 1.54) is 6.92 Å². The highest BCUT2D eigenvalue weighted by molar-refractivity contribution is 5.80. The molecule has 0 spiro atoms. The van der Waals surface area contributed by atoms with Gasteiger partial charge in [0.15, 0.2) is 0 Å². The summed E-state index contributed by atoms with van der Waals surface area (Å²) >= 11 is 0. The quantitative estimate of drug-likeness (QED) is 0.260. The molecule has 9 heteroatoms. The van der Waals surface area contributed by atoms with Gasteiger partial charge in [-0.25, -0.2) is 0 Å². The number of hydrogen-bond donors (Lipinski definition) is 6. The molecule has 0 bridgehead atoms. The van der Waals surface area contributed by atoms with Gasteiger partial charge < -0.3 is 35.5 Å². The summed E-state index contributed by atoms with van der Waals surface area (Å²) in [6.45, 7) is 1.77. The number of hydrogen-bond acceptors (Lipinski definition) is 9. The normalized spacial score (nSPS) is 50.0. The van der Waals surface area contributed by atoms with Crippen molar-refractivity contribution < 1.29 is 40.2 Å². The molecule has 6 N–H and O–H groups in total. The molecular formula is C32H53NO8. The number of carbonyl (C=O) groups excluding carboxylic acids is 2. The minimum absolute atomic E-state index is 0.105. The molecule has 0 aromatic rings. The lowest BCUT2D eigenvalue weighted by molar-refractivity contribution is -0.286. The smallest absolute Gasteiger partial charge is 0.146 e. The molecule has 234 valence electrons. The SMILES string of the molecule is CC(=O)C1C(O)C[C@@H]2C[C@@H]3CC4C(C5CCC(CCC(=O)CN(C)C)CC5)CCC(O)C4C(O)C3C(O)[C@]2(O)C1O. The molecular weight excluding hydrogens is 526 g/mol. The van der Waals surface area contributed by atoms with Gasteiger partial charge in [-0.15, -0.1) is 0 Å². The van der Waals surface area contributed by atoms with Gasteiger partial charge in [-0.1, -0.05) is 12.8 Å². The molecule has 0 aliphatic heterocycles. The van der Waals surface area contributed by atoms with Crippen LogP contribution >= 0.6 is 0 Å². The molecule has 5 fully saturated rings. The third-order valence-corrected chi connectivity index (χ3v) is 12.3. The molecule has 0 amide bonds. The third kappa shape index (κ3) is 5.69. The predicted molar refractivity (Wildman–Crippen MR) is 151 cm³/mol. The largest absolute Gasteiger partial charge is 0.393 e. The third-order valence-electron chi connectivity index (χ3n) is 12.3. The average molecular weight is 580 g/mol. The maximum atomic E-state index is 12.2. The van der Waals surface area contributed by atoms with Crippen LogP contribution in [-0.2, 0) is 9.59 Å². The van der Waals surface area contributed by atoms with E-state index in [1.807, 2.05) is 19.0 Å². The van der Waals surface area contributed by atoms with Crippen LogP contribution in [-0.4, -0.2) is 104 Å². The number of ketones is 2. The molecule has 10 unspecified atom stereocenters. The first kappa shape index (κ1) is 31.5. The van der Waals surface area contributed by atoms with Crippen molar-refractivity contribution >= 4 is 11.6 Å². The molecule has 0 saturated heterocycles. The van der Waals surface area contributed by atoms with Gasteiger partial charge in [0, 0.05) is 18.3 Å². The fraction of sp³-hybridized carbons (Fsp3) is 0.938. The molecule has 5 saturated carbocycles. The van der Waals surface area contributed by atoms with E-state index in [-0.39, 0.29) is 18.3 Å². The van der Waals surface area contributed by atoms with E-state index in [4.69, 9.17) is 0 Å². The van der Waals surface area contributed by atoms with Crippen molar-refractivity contribution in [3.05, 3.63) is 0 Å². The number of likely N-dealkylation sites (N-methyl/N-ethyl adjacent to an activating group) is 1. The van der Waals surface area contributed by atoms with E-state index in [0.29, 0.717) is 49.3 Å². The van der Waals surface area contributed by atoms with Crippen LogP contribution in [0.2, 0.25) is 0 Å². The minimum atomic E-state index is -1.99. The number of aliphatic hydroxyl groups is 6. The Bertz CT molecular complexity index is 952. The van der Waals surface area contributed by atoms with Crippen LogP contribution in [0.15, 0.2) is 0 Å². The fourth-order valence-corrected chi connectivity index (χ4v) is 10.4. The lowest BCUT2D eigenvalue weighted by Gasteiger charge is -2.62. The average Bonchev–Trinajstić information content (AvgIpc) is 2.89. The second kappa shape index (κ2) is 12.2. The molecule has 5 aliphatic rings. The van der Waals surface area contributed by atoms with Crippen molar-refractivity contribution in [1.82, 2.24) is 4.90 Å². The summed E-state index contributed by atoms with van der Waals surface area (Å²) in [6, 6.07) is 0. The van der Waals surface area contributed by atoms with E-state index < -0.39 is 65.6 Å². The summed E-state index contributed by atoms with van der Waals surface area (Å²) in [5.41, 5.74) is -1.99. The van der Waals surface area contributed by atoms with Gasteiger partial charge in [-0.05, 0) is 108 Å². The van der Waals surface area contributed by atoms with Crippen molar-refractivity contribution in [3.63, 3.8) is 0 Å². The molecule has 5 aliphatic carbocycles. The van der Waals surface area contributed by atoms with Crippen LogP contribution in [0.4, 0.5) is 0 Å². The Balaban J connectivity index is 1.28. The van der Waals surface area contributed by atoms with Gasteiger partial charge in [0.25, 0.3) is 0 Å². The molecule has 0 heterocycles. The predicted octanol–water partition coefficient (Wildman–Crippen LogP) is 1.15. The summed E-state index contributed by atoms with van der Waals surface area (Å²) in [4.78, 5) is 26.3. The van der Waals surface area contributed by atoms with E-state index in [9.17, 15) is 40.2 Å². The summed E-state index contributed by atoms with van der Waals surface area (Å²) in [7, 11) is 3.84. The fourth-order valence-electron chi connectivity index (χ4n) is 10.4. The highest BCUT2D eigenvalue weighted by atomic mass is 16.4. The summed E-state index contributed by atoms with van der Waals surface area (Å²) in [6.07, 6.45) is 2.93. The molecule has 0 radical (unpaired) electrons. The second-order valence-corrected chi connectivity index (χ2v) is 14.9. The Morgan fingerprint density at radius 3 is 2.10 bits per heavy atom. The Kier molecular flexibility index (Phi) is 9.38. The summed E-state index contributed by atoms with van der Waals surface area (Å²) in [5, 5.41) is 67.9. The van der Waals surface area contributed by atoms with Crippen molar-refractivity contribution in [2.24, 2.45) is 53.3 Å². The van der Waals surface area contributed by atoms with Crippen molar-refractivity contribution in [3.8, 4) is 0 Å². The van der Waals surface area contributed by atoms with Crippen molar-refractivity contribution in [1.29, 1.82) is 0 Å². The lowest BCUT2D eigenvalue weighted by Crippen LogP contribution is -2.73. The van der Waals surface area contributed by atoms with Gasteiger partial charge in [0.05, 0.1) is 43.0 Å². The van der Waals surface area contributed by atoms with Crippen LogP contribution in [0.25, 0.3) is 0 Å². The first-order valence-electron chi connectivity index (χ1n) is 16.1. The minimum Gasteiger partial charge on any atom is -0.393 e. The Morgan fingerprint density at radius 2 is 1.46 bits per heavy atom. The molecule has 5 rings (SSSR count). The molecule has 0 aromatic carbocycles. The van der Waals surface area contributed by atoms with E-state index >= 15 is 0 Å². The first-order valence-corrected chi connectivity index (χ1v) is 16.1. The topological polar surface area (TPSA) is 159 Å². The Labute approximate surface area is 244 Å². The van der Waals surface area contributed by atoms with E-state index in [1.54, 1.807) is 0 Å². The molecule has 41 heavy (non-hydrogen) atoms. The summed E-state index contributed by atoms with van der Waals surface area (Å²) < 4.78 is 0. The van der Waals surface area contributed by atoms with Crippen LogP contribution < -0.4 is 0 Å². The lowest BCUT2D eigenvalue weighted by atomic mass is 9.47. The van der Waals surface area contributed by atoms with Gasteiger partial charge in [0.2, 0.25) is 0 Å². The zero-order valence-electron chi connectivity index (χ0n) is 25.0. The highest BCUT2D eigenvalue weighted by Crippen LogP contribution is 2.59. The van der Waals surface area contributed by atoms with Crippen LogP contribution in [0.5, 0.6) is 0 Å². The Hall–Kier alpha value is -0.940. The molecule has 9 nitrogen and oxygen atoms in total. The van der Waals surface area contributed by atoms with Gasteiger partial charge in [-0.2, -0.15) is 0 Å². The van der Waals surface area contributed by atoms with Crippen molar-refractivity contribution in [2.45, 2.75) is 114 Å². The number of fused-ring (bicyclic) bond motifs is 3. The van der Waals surface area contributed by atoms with E-state index in [2.05, 4.69) is 0 Å². The van der Waals surface area contributed by atoms with Crippen LogP contribution in [0.3, 0.4) is 0 Å². The Morgan fingerprint density at radius 1 is 0.780 bits per heavy atom. The standard InChI is InChI=1S/C32H53NO8/c1-16(34)26-25(37)14-20-12-19-13-23-22(18-7-4-17(5-8-18)6-9-21(35)15-33(2)3)10-11-24(36)28(23)29(38)27(19)31(40)32(20,41)30(26)39/h17-20,22-31,36-41H,4-15H2,1-3H3/t17?,18?,19-,20+,22?,23?,24?,25?,26?,27?,28?,29?,30?,31?,32-/m1/s1. The van der Waals surface area contributed by atoms with Crippen LogP contribution in [0, 0.1) is 53.3 Å². The number of aliphatic hydroxyl groups excluding tert-OH is 5. The van der Waals surface area contributed by atoms with Gasteiger partial charge >= 0.3 is 0 Å². The zero-order valence-corrected chi connectivity index (χ0v) is 25.0. The number of carbonyl (C=O) groups is 2. The number of Topliss-reactive ketones (excluding diaryl/α,β-unsaturated/α-hetero) is 2. The van der Waals surface area contributed by atoms with Crippen molar-refractivity contribution in [2.75, 3.05) is 20.6 Å². The highest BCUT2D eigenvalue weighted by Gasteiger charge is 2.66. The van der Waals surface area contributed by atoms with Crippen LogP contribution in [0.1, 0.15) is 77.6 Å². The monoisotopic (exact) mass is 579 g/mol. The molecule has 0 aromatic heterocycles. The second-order valence-electron chi connectivity index (χ2n) is 14.9. The summed E-state index contributed by atoms with van der Waals surface area (Å²) in [5.74, 6) is -1.56. The zero-order chi connectivity index (χ0) is 29.8. The van der Waals surface area contributed by atoms with E-state index in [0.717, 1.165) is 44.9 Å².